The summed E-state index contributed by atoms with van der Waals surface area (Å²) in [6.07, 6.45) is 5.42. The third-order valence-corrected chi connectivity index (χ3v) is 4.80. The first-order valence-electron chi connectivity index (χ1n) is 9.06. The van der Waals surface area contributed by atoms with Crippen LogP contribution in [0.1, 0.15) is 32.6 Å². The van der Waals surface area contributed by atoms with Gasteiger partial charge in [-0.25, -0.2) is 9.97 Å². The summed E-state index contributed by atoms with van der Waals surface area (Å²) in [5, 5.41) is 3.28. The van der Waals surface area contributed by atoms with Crippen LogP contribution < -0.4 is 16.0 Å². The molecule has 2 fully saturated rings. The number of piperidine rings is 1. The van der Waals surface area contributed by atoms with Gasteiger partial charge in [-0.2, -0.15) is 0 Å². The van der Waals surface area contributed by atoms with E-state index in [4.69, 9.17) is 15.2 Å². The maximum Gasteiger partial charge on any atom is 0.309 e. The minimum atomic E-state index is -0.100. The van der Waals surface area contributed by atoms with E-state index in [0.717, 1.165) is 51.2 Å². The van der Waals surface area contributed by atoms with Crippen LogP contribution in [0.25, 0.3) is 0 Å². The molecule has 0 amide bonds. The van der Waals surface area contributed by atoms with E-state index in [2.05, 4.69) is 20.2 Å². The van der Waals surface area contributed by atoms with Crippen molar-refractivity contribution < 1.29 is 14.3 Å². The number of nitrogen functional groups attached to an aromatic ring is 1. The molecule has 0 aliphatic carbocycles. The minimum absolute atomic E-state index is 0.0311. The number of esters is 1. The van der Waals surface area contributed by atoms with Gasteiger partial charge in [0.05, 0.1) is 18.6 Å². The molecule has 3 heterocycles. The van der Waals surface area contributed by atoms with E-state index in [-0.39, 0.29) is 18.0 Å². The molecule has 1 aromatic rings. The molecule has 2 aliphatic rings. The van der Waals surface area contributed by atoms with Gasteiger partial charge in [0.25, 0.3) is 0 Å². The zero-order valence-electron chi connectivity index (χ0n) is 14.7. The van der Waals surface area contributed by atoms with Crippen molar-refractivity contribution in [2.45, 2.75) is 38.7 Å². The number of aromatic nitrogens is 2. The monoisotopic (exact) mass is 349 g/mol. The van der Waals surface area contributed by atoms with Gasteiger partial charge in [0.2, 0.25) is 0 Å². The standard InChI is InChI=1S/C17H27N5O3/c1-2-24-17(23)12-5-7-22(8-6-12)16-14(18)15(20-11-21-16)19-10-13-4-3-9-25-13/h11-13H,2-10,18H2,1H3,(H,19,20,21). The van der Waals surface area contributed by atoms with Crippen molar-refractivity contribution in [3.05, 3.63) is 6.33 Å². The van der Waals surface area contributed by atoms with Crippen LogP contribution in [0.5, 0.6) is 0 Å². The molecule has 0 spiro atoms. The van der Waals surface area contributed by atoms with Crippen LogP contribution in [0.15, 0.2) is 6.33 Å². The Kier molecular flexibility index (Phi) is 5.91. The Morgan fingerprint density at radius 3 is 2.88 bits per heavy atom. The van der Waals surface area contributed by atoms with Gasteiger partial charge < -0.3 is 25.4 Å². The Labute approximate surface area is 148 Å². The molecule has 138 valence electrons. The Morgan fingerprint density at radius 1 is 1.40 bits per heavy atom. The smallest absolute Gasteiger partial charge is 0.309 e. The molecular weight excluding hydrogens is 322 g/mol. The maximum absolute atomic E-state index is 11.9. The van der Waals surface area contributed by atoms with Gasteiger partial charge in [0, 0.05) is 26.2 Å². The Morgan fingerprint density at radius 2 is 2.20 bits per heavy atom. The predicted octanol–water partition coefficient (Wildman–Crippen LogP) is 1.43. The van der Waals surface area contributed by atoms with Gasteiger partial charge in [0.15, 0.2) is 11.6 Å². The highest BCUT2D eigenvalue weighted by Crippen LogP contribution is 2.30. The zero-order valence-corrected chi connectivity index (χ0v) is 14.7. The number of nitrogens with zero attached hydrogens (tertiary/aromatic N) is 3. The summed E-state index contributed by atoms with van der Waals surface area (Å²) < 4.78 is 10.7. The lowest BCUT2D eigenvalue weighted by Crippen LogP contribution is -2.38. The summed E-state index contributed by atoms with van der Waals surface area (Å²) in [6, 6.07) is 0. The first kappa shape index (κ1) is 17.7. The third kappa shape index (κ3) is 4.31. The Bertz CT molecular complexity index is 584. The fourth-order valence-electron chi connectivity index (χ4n) is 3.38. The highest BCUT2D eigenvalue weighted by atomic mass is 16.5. The molecule has 0 radical (unpaired) electrons. The first-order chi connectivity index (χ1) is 12.2. The summed E-state index contributed by atoms with van der Waals surface area (Å²) in [6.45, 7) is 5.25. The average molecular weight is 349 g/mol. The summed E-state index contributed by atoms with van der Waals surface area (Å²) in [5.74, 6) is 1.24. The van der Waals surface area contributed by atoms with Gasteiger partial charge in [0.1, 0.15) is 12.0 Å². The van der Waals surface area contributed by atoms with E-state index in [9.17, 15) is 4.79 Å². The van der Waals surface area contributed by atoms with Crippen LogP contribution in [0.3, 0.4) is 0 Å². The minimum Gasteiger partial charge on any atom is -0.466 e. The van der Waals surface area contributed by atoms with E-state index >= 15 is 0 Å². The number of ether oxygens (including phenoxy) is 2. The second-order valence-corrected chi connectivity index (χ2v) is 6.49. The highest BCUT2D eigenvalue weighted by Gasteiger charge is 2.28. The van der Waals surface area contributed by atoms with E-state index < -0.39 is 0 Å². The molecule has 3 N–H and O–H groups in total. The molecule has 1 aromatic heterocycles. The third-order valence-electron chi connectivity index (χ3n) is 4.80. The molecule has 8 heteroatoms. The topological polar surface area (TPSA) is 103 Å². The van der Waals surface area contributed by atoms with Crippen molar-refractivity contribution in [2.24, 2.45) is 5.92 Å². The van der Waals surface area contributed by atoms with Crippen LogP contribution in [0, 0.1) is 5.92 Å². The van der Waals surface area contributed by atoms with Crippen molar-refractivity contribution in [1.82, 2.24) is 9.97 Å². The number of nitrogens with two attached hydrogens (primary N) is 1. The highest BCUT2D eigenvalue weighted by molar-refractivity contribution is 5.76. The van der Waals surface area contributed by atoms with Gasteiger partial charge >= 0.3 is 5.97 Å². The zero-order chi connectivity index (χ0) is 17.6. The van der Waals surface area contributed by atoms with E-state index in [1.54, 1.807) is 0 Å². The summed E-state index contributed by atoms with van der Waals surface area (Å²) in [7, 11) is 0. The van der Waals surface area contributed by atoms with Gasteiger partial charge in [-0.1, -0.05) is 0 Å². The molecule has 1 atom stereocenters. The van der Waals surface area contributed by atoms with E-state index in [1.165, 1.54) is 6.33 Å². The molecule has 0 aromatic carbocycles. The number of hydrogen-bond donors (Lipinski definition) is 2. The average Bonchev–Trinajstić information content (AvgIpc) is 3.15. The molecule has 2 aliphatic heterocycles. The van der Waals surface area contributed by atoms with Crippen LogP contribution >= 0.6 is 0 Å². The second-order valence-electron chi connectivity index (χ2n) is 6.49. The SMILES string of the molecule is CCOC(=O)C1CCN(c2ncnc(NCC3CCCO3)c2N)CC1. The van der Waals surface area contributed by atoms with E-state index in [1.807, 2.05) is 6.92 Å². The van der Waals surface area contributed by atoms with Crippen LogP contribution in [0.2, 0.25) is 0 Å². The molecule has 0 saturated carbocycles. The van der Waals surface area contributed by atoms with Crippen molar-refractivity contribution in [3.63, 3.8) is 0 Å². The number of hydrogen-bond acceptors (Lipinski definition) is 8. The van der Waals surface area contributed by atoms with Crippen LogP contribution in [-0.4, -0.2) is 54.9 Å². The quantitative estimate of drug-likeness (QED) is 0.744. The summed E-state index contributed by atoms with van der Waals surface area (Å²) in [4.78, 5) is 22.6. The number of carbonyl (C=O) groups is 1. The normalized spacial score (nSPS) is 21.3. The number of anilines is 3. The lowest BCUT2D eigenvalue weighted by atomic mass is 9.97. The lowest BCUT2D eigenvalue weighted by molar-refractivity contribution is -0.148. The summed E-state index contributed by atoms with van der Waals surface area (Å²) in [5.41, 5.74) is 6.83. The van der Waals surface area contributed by atoms with Crippen LogP contribution in [0.4, 0.5) is 17.3 Å². The first-order valence-corrected chi connectivity index (χ1v) is 9.06. The van der Waals surface area contributed by atoms with Crippen molar-refractivity contribution in [3.8, 4) is 0 Å². The lowest BCUT2D eigenvalue weighted by Gasteiger charge is -2.32. The molecule has 0 bridgehead atoms. The Hall–Kier alpha value is -2.09. The summed E-state index contributed by atoms with van der Waals surface area (Å²) >= 11 is 0. The molecule has 1 unspecified atom stereocenters. The predicted molar refractivity (Wildman–Crippen MR) is 95.5 cm³/mol. The Balaban J connectivity index is 1.59. The van der Waals surface area contributed by atoms with Gasteiger partial charge in [-0.15, -0.1) is 0 Å². The van der Waals surface area contributed by atoms with Crippen molar-refractivity contribution >= 4 is 23.3 Å². The van der Waals surface area contributed by atoms with E-state index in [0.29, 0.717) is 24.7 Å². The second kappa shape index (κ2) is 8.33. The fourth-order valence-corrected chi connectivity index (χ4v) is 3.38. The molecule has 8 nitrogen and oxygen atoms in total. The molecule has 3 rings (SSSR count). The van der Waals surface area contributed by atoms with Crippen molar-refractivity contribution in [1.29, 1.82) is 0 Å². The van der Waals surface area contributed by atoms with Crippen molar-refractivity contribution in [2.75, 3.05) is 48.8 Å². The number of rotatable bonds is 6. The largest absolute Gasteiger partial charge is 0.466 e. The number of carbonyl (C=O) groups excluding carboxylic acids is 1. The molecule has 2 saturated heterocycles. The van der Waals surface area contributed by atoms with Crippen LogP contribution in [-0.2, 0) is 14.3 Å². The van der Waals surface area contributed by atoms with Gasteiger partial charge in [-0.05, 0) is 32.6 Å². The number of nitrogens with one attached hydrogen (secondary N) is 1. The molecule has 25 heavy (non-hydrogen) atoms. The fraction of sp³-hybridized carbons (Fsp3) is 0.706. The molecular formula is C17H27N5O3. The van der Waals surface area contributed by atoms with Gasteiger partial charge in [-0.3, -0.25) is 4.79 Å². The maximum atomic E-state index is 11.9.